The highest BCUT2D eigenvalue weighted by Gasteiger charge is 2.31. The van der Waals surface area contributed by atoms with Gasteiger partial charge in [0, 0.05) is 5.02 Å². The van der Waals surface area contributed by atoms with Gasteiger partial charge in [0.2, 0.25) is 5.95 Å². The Morgan fingerprint density at radius 1 is 1.10 bits per heavy atom. The van der Waals surface area contributed by atoms with Crippen LogP contribution in [0.2, 0.25) is 5.02 Å². The number of fused-ring (bicyclic) bond motifs is 1. The molecule has 2 N–H and O–H groups in total. The van der Waals surface area contributed by atoms with Crippen LogP contribution in [0.4, 0.5) is 19.1 Å². The lowest BCUT2D eigenvalue weighted by atomic mass is 10.2. The molecule has 1 aromatic heterocycles. The largest absolute Gasteiger partial charge is 0.416 e. The zero-order valence-electron chi connectivity index (χ0n) is 10.5. The van der Waals surface area contributed by atoms with Gasteiger partial charge in [-0.1, -0.05) is 17.7 Å². The standard InChI is InChI=1S/C14H9ClF3N3/c15-9-2-1-3-10(7-9)21-12-5-4-8(14(16,17)18)6-11(12)20-13(21)19/h1-7H,(H2,19,20). The molecule has 7 heteroatoms. The van der Waals surface area contributed by atoms with Gasteiger partial charge >= 0.3 is 6.18 Å². The molecule has 3 aromatic rings. The first-order chi connectivity index (χ1) is 9.86. The minimum atomic E-state index is -4.41. The van der Waals surface area contributed by atoms with Crippen LogP contribution in [-0.4, -0.2) is 9.55 Å². The smallest absolute Gasteiger partial charge is 0.369 e. The normalized spacial score (nSPS) is 12.0. The van der Waals surface area contributed by atoms with Gasteiger partial charge in [-0.05, 0) is 36.4 Å². The molecule has 21 heavy (non-hydrogen) atoms. The van der Waals surface area contributed by atoms with Crippen molar-refractivity contribution < 1.29 is 13.2 Å². The van der Waals surface area contributed by atoms with Crippen LogP contribution < -0.4 is 5.73 Å². The summed E-state index contributed by atoms with van der Waals surface area (Å²) in [5, 5.41) is 0.501. The predicted molar refractivity (Wildman–Crippen MR) is 75.5 cm³/mol. The number of alkyl halides is 3. The molecular formula is C14H9ClF3N3. The second kappa shape index (κ2) is 4.66. The molecule has 0 aliphatic carbocycles. The molecule has 0 aliphatic heterocycles. The Morgan fingerprint density at radius 2 is 1.86 bits per heavy atom. The van der Waals surface area contributed by atoms with E-state index in [1.807, 2.05) is 0 Å². The van der Waals surface area contributed by atoms with E-state index in [0.717, 1.165) is 12.1 Å². The van der Waals surface area contributed by atoms with Crippen molar-refractivity contribution in [3.05, 3.63) is 53.1 Å². The Hall–Kier alpha value is -2.21. The van der Waals surface area contributed by atoms with Gasteiger partial charge in [-0.15, -0.1) is 0 Å². The number of imidazole rings is 1. The van der Waals surface area contributed by atoms with Crippen molar-refractivity contribution in [1.29, 1.82) is 0 Å². The van der Waals surface area contributed by atoms with Gasteiger partial charge in [0.1, 0.15) is 0 Å². The zero-order valence-corrected chi connectivity index (χ0v) is 11.3. The number of benzene rings is 2. The lowest BCUT2D eigenvalue weighted by molar-refractivity contribution is -0.137. The zero-order chi connectivity index (χ0) is 15.2. The van der Waals surface area contributed by atoms with E-state index in [-0.39, 0.29) is 11.5 Å². The van der Waals surface area contributed by atoms with E-state index in [1.54, 1.807) is 28.8 Å². The van der Waals surface area contributed by atoms with E-state index in [0.29, 0.717) is 16.2 Å². The molecule has 0 atom stereocenters. The SMILES string of the molecule is Nc1nc2cc(C(F)(F)F)ccc2n1-c1cccc(Cl)c1. The number of rotatable bonds is 1. The third kappa shape index (κ3) is 2.42. The van der Waals surface area contributed by atoms with Crippen molar-refractivity contribution in [2.45, 2.75) is 6.18 Å². The van der Waals surface area contributed by atoms with Gasteiger partial charge in [-0.2, -0.15) is 13.2 Å². The lowest BCUT2D eigenvalue weighted by Gasteiger charge is -2.08. The summed E-state index contributed by atoms with van der Waals surface area (Å²) >= 11 is 5.93. The minimum absolute atomic E-state index is 0.103. The highest BCUT2D eigenvalue weighted by molar-refractivity contribution is 6.30. The van der Waals surface area contributed by atoms with Crippen molar-refractivity contribution in [3.8, 4) is 5.69 Å². The third-order valence-corrected chi connectivity index (χ3v) is 3.31. The maximum absolute atomic E-state index is 12.7. The van der Waals surface area contributed by atoms with Gasteiger partial charge in [0.15, 0.2) is 0 Å². The molecule has 0 saturated heterocycles. The molecule has 0 aliphatic rings. The average Bonchev–Trinajstić information content (AvgIpc) is 2.72. The molecule has 0 bridgehead atoms. The summed E-state index contributed by atoms with van der Waals surface area (Å²) in [6.45, 7) is 0. The first-order valence-electron chi connectivity index (χ1n) is 5.97. The van der Waals surface area contributed by atoms with Crippen molar-refractivity contribution in [2.24, 2.45) is 0 Å². The van der Waals surface area contributed by atoms with Gasteiger partial charge in [-0.3, -0.25) is 4.57 Å². The van der Waals surface area contributed by atoms with Crippen LogP contribution in [0.3, 0.4) is 0 Å². The molecule has 0 spiro atoms. The van der Waals surface area contributed by atoms with Crippen LogP contribution in [0.5, 0.6) is 0 Å². The number of hydrogen-bond acceptors (Lipinski definition) is 2. The molecule has 0 fully saturated rings. The quantitative estimate of drug-likeness (QED) is 0.729. The van der Waals surface area contributed by atoms with Crippen molar-refractivity contribution >= 4 is 28.6 Å². The van der Waals surface area contributed by atoms with E-state index in [2.05, 4.69) is 4.98 Å². The number of anilines is 1. The number of nitrogen functional groups attached to an aromatic ring is 1. The minimum Gasteiger partial charge on any atom is -0.369 e. The highest BCUT2D eigenvalue weighted by atomic mass is 35.5. The van der Waals surface area contributed by atoms with Gasteiger partial charge in [-0.25, -0.2) is 4.98 Å². The Bertz CT molecular complexity index is 824. The van der Waals surface area contributed by atoms with Gasteiger partial charge < -0.3 is 5.73 Å². The molecule has 1 heterocycles. The fourth-order valence-electron chi connectivity index (χ4n) is 2.16. The second-order valence-corrected chi connectivity index (χ2v) is 4.92. The maximum Gasteiger partial charge on any atom is 0.416 e. The van der Waals surface area contributed by atoms with Crippen molar-refractivity contribution in [1.82, 2.24) is 9.55 Å². The fraction of sp³-hybridized carbons (Fsp3) is 0.0714. The predicted octanol–water partition coefficient (Wildman–Crippen LogP) is 4.28. The van der Waals surface area contributed by atoms with Crippen molar-refractivity contribution in [2.75, 3.05) is 5.73 Å². The lowest BCUT2D eigenvalue weighted by Crippen LogP contribution is -2.04. The van der Waals surface area contributed by atoms with E-state index in [9.17, 15) is 13.2 Å². The maximum atomic E-state index is 12.7. The molecule has 2 aromatic carbocycles. The van der Waals surface area contributed by atoms with Crippen LogP contribution >= 0.6 is 11.6 Å². The Balaban J connectivity index is 2.23. The first kappa shape index (κ1) is 13.8. The number of nitrogens with two attached hydrogens (primary N) is 1. The van der Waals surface area contributed by atoms with E-state index >= 15 is 0 Å². The Morgan fingerprint density at radius 3 is 2.52 bits per heavy atom. The summed E-state index contributed by atoms with van der Waals surface area (Å²) in [5.41, 5.74) is 6.38. The monoisotopic (exact) mass is 311 g/mol. The summed E-state index contributed by atoms with van der Waals surface area (Å²) in [6, 6.07) is 10.2. The summed E-state index contributed by atoms with van der Waals surface area (Å²) in [6.07, 6.45) is -4.41. The molecule has 0 unspecified atom stereocenters. The van der Waals surface area contributed by atoms with Gasteiger partial charge in [0.25, 0.3) is 0 Å². The summed E-state index contributed by atoms with van der Waals surface area (Å²) in [5.74, 6) is 0.103. The van der Waals surface area contributed by atoms with Crippen molar-refractivity contribution in [3.63, 3.8) is 0 Å². The van der Waals surface area contributed by atoms with Gasteiger partial charge in [0.05, 0.1) is 22.3 Å². The number of halogens is 4. The molecule has 0 radical (unpaired) electrons. The second-order valence-electron chi connectivity index (χ2n) is 4.49. The fourth-order valence-corrected chi connectivity index (χ4v) is 2.35. The van der Waals surface area contributed by atoms with E-state index in [4.69, 9.17) is 17.3 Å². The van der Waals surface area contributed by atoms with E-state index < -0.39 is 11.7 Å². The summed E-state index contributed by atoms with van der Waals surface area (Å²) in [4.78, 5) is 3.99. The summed E-state index contributed by atoms with van der Waals surface area (Å²) in [7, 11) is 0. The van der Waals surface area contributed by atoms with Crippen LogP contribution in [0.1, 0.15) is 5.56 Å². The number of nitrogens with zero attached hydrogens (tertiary/aromatic N) is 2. The molecule has 3 nitrogen and oxygen atoms in total. The topological polar surface area (TPSA) is 43.8 Å². The third-order valence-electron chi connectivity index (χ3n) is 3.07. The Labute approximate surface area is 122 Å². The first-order valence-corrected chi connectivity index (χ1v) is 6.35. The van der Waals surface area contributed by atoms with Crippen LogP contribution in [-0.2, 0) is 6.18 Å². The van der Waals surface area contributed by atoms with E-state index in [1.165, 1.54) is 6.07 Å². The molecular weight excluding hydrogens is 303 g/mol. The molecule has 3 rings (SSSR count). The summed E-state index contributed by atoms with van der Waals surface area (Å²) < 4.78 is 39.7. The Kier molecular flexibility index (Phi) is 3.06. The average molecular weight is 312 g/mol. The van der Waals surface area contributed by atoms with Crippen LogP contribution in [0, 0.1) is 0 Å². The molecule has 108 valence electrons. The number of hydrogen-bond donors (Lipinski definition) is 1. The highest BCUT2D eigenvalue weighted by Crippen LogP contribution is 2.32. The number of aromatic nitrogens is 2. The van der Waals surface area contributed by atoms with Crippen LogP contribution in [0.25, 0.3) is 16.7 Å². The molecule has 0 amide bonds. The van der Waals surface area contributed by atoms with Crippen LogP contribution in [0.15, 0.2) is 42.5 Å². The molecule has 0 saturated carbocycles.